The summed E-state index contributed by atoms with van der Waals surface area (Å²) in [6.07, 6.45) is -0.665. The van der Waals surface area contributed by atoms with Gasteiger partial charge in [0, 0.05) is 24.7 Å². The van der Waals surface area contributed by atoms with Crippen molar-refractivity contribution in [3.63, 3.8) is 0 Å². The Balaban J connectivity index is 1.81. The molecule has 6 heteroatoms. The zero-order valence-corrected chi connectivity index (χ0v) is 12.8. The van der Waals surface area contributed by atoms with Crippen LogP contribution in [0.4, 0.5) is 0 Å². The average molecular weight is 313 g/mol. The van der Waals surface area contributed by atoms with Crippen LogP contribution >= 0.6 is 11.6 Å². The van der Waals surface area contributed by atoms with Gasteiger partial charge in [0.05, 0.1) is 25.4 Å². The molecule has 2 atom stereocenters. The van der Waals surface area contributed by atoms with E-state index in [-0.39, 0.29) is 11.9 Å². The Morgan fingerprint density at radius 3 is 2.62 bits per heavy atom. The van der Waals surface area contributed by atoms with Gasteiger partial charge in [0.1, 0.15) is 0 Å². The van der Waals surface area contributed by atoms with Crippen molar-refractivity contribution in [2.75, 3.05) is 32.8 Å². The topological polar surface area (TPSA) is 61.8 Å². The van der Waals surface area contributed by atoms with Gasteiger partial charge in [0.15, 0.2) is 0 Å². The van der Waals surface area contributed by atoms with Gasteiger partial charge in [-0.25, -0.2) is 0 Å². The van der Waals surface area contributed by atoms with Crippen molar-refractivity contribution in [2.24, 2.45) is 0 Å². The van der Waals surface area contributed by atoms with Crippen LogP contribution in [-0.4, -0.2) is 54.8 Å². The number of hydrogen-bond donors (Lipinski definition) is 2. The molecule has 5 nitrogen and oxygen atoms in total. The molecule has 1 fully saturated rings. The fraction of sp³-hybridized carbons (Fsp3) is 0.533. The van der Waals surface area contributed by atoms with Gasteiger partial charge in [0.2, 0.25) is 5.91 Å². The first-order chi connectivity index (χ1) is 10.1. The lowest BCUT2D eigenvalue weighted by molar-refractivity contribution is -0.137. The number of carbonyl (C=O) groups is 1. The Morgan fingerprint density at radius 1 is 1.38 bits per heavy atom. The molecule has 1 saturated heterocycles. The monoisotopic (exact) mass is 312 g/mol. The highest BCUT2D eigenvalue weighted by Crippen LogP contribution is 2.16. The van der Waals surface area contributed by atoms with Crippen LogP contribution in [-0.2, 0) is 9.53 Å². The molecular weight excluding hydrogens is 292 g/mol. The number of aliphatic hydroxyl groups is 1. The van der Waals surface area contributed by atoms with E-state index in [4.69, 9.17) is 16.3 Å². The predicted molar refractivity (Wildman–Crippen MR) is 81.3 cm³/mol. The Kier molecular flexibility index (Phi) is 5.99. The number of aliphatic hydroxyl groups excluding tert-OH is 1. The summed E-state index contributed by atoms with van der Waals surface area (Å²) in [5.74, 6) is 0.0432. The first-order valence-corrected chi connectivity index (χ1v) is 7.49. The summed E-state index contributed by atoms with van der Waals surface area (Å²) >= 11 is 5.81. The summed E-state index contributed by atoms with van der Waals surface area (Å²) in [6, 6.07) is 6.71. The van der Waals surface area contributed by atoms with Crippen LogP contribution in [0.15, 0.2) is 24.3 Å². The van der Waals surface area contributed by atoms with Crippen molar-refractivity contribution in [3.05, 3.63) is 34.9 Å². The minimum absolute atomic E-state index is 0.0432. The van der Waals surface area contributed by atoms with Crippen LogP contribution in [0.25, 0.3) is 0 Å². The summed E-state index contributed by atoms with van der Waals surface area (Å²) in [5.41, 5.74) is 0.776. The molecule has 0 radical (unpaired) electrons. The maximum atomic E-state index is 12.2. The van der Waals surface area contributed by atoms with Crippen LogP contribution in [0.2, 0.25) is 5.02 Å². The van der Waals surface area contributed by atoms with E-state index in [0.717, 1.165) is 5.56 Å². The van der Waals surface area contributed by atoms with E-state index in [1.165, 1.54) is 0 Å². The number of carbonyl (C=O) groups excluding carboxylic acids is 1. The molecule has 2 unspecified atom stereocenters. The van der Waals surface area contributed by atoms with Crippen molar-refractivity contribution in [3.8, 4) is 0 Å². The van der Waals surface area contributed by atoms with E-state index in [2.05, 4.69) is 5.32 Å². The second-order valence-electron chi connectivity index (χ2n) is 5.13. The number of halogens is 1. The highest BCUT2D eigenvalue weighted by atomic mass is 35.5. The molecule has 2 N–H and O–H groups in total. The third kappa shape index (κ3) is 4.68. The number of hydrogen-bond acceptors (Lipinski definition) is 4. The number of nitrogens with zero attached hydrogens (tertiary/aromatic N) is 1. The highest BCUT2D eigenvalue weighted by molar-refractivity contribution is 6.30. The number of rotatable bonds is 5. The maximum Gasteiger partial charge on any atom is 0.239 e. The maximum absolute atomic E-state index is 12.2. The fourth-order valence-electron chi connectivity index (χ4n) is 2.24. The first-order valence-electron chi connectivity index (χ1n) is 7.11. The van der Waals surface area contributed by atoms with E-state index < -0.39 is 6.10 Å². The largest absolute Gasteiger partial charge is 0.387 e. The SMILES string of the molecule is CC(NCC(O)c1ccc(Cl)cc1)C(=O)N1CCOCC1. The zero-order valence-electron chi connectivity index (χ0n) is 12.1. The number of morpholine rings is 1. The molecule has 1 amide bonds. The van der Waals surface area contributed by atoms with Gasteiger partial charge in [-0.3, -0.25) is 4.79 Å². The van der Waals surface area contributed by atoms with Gasteiger partial charge in [-0.2, -0.15) is 0 Å². The lowest BCUT2D eigenvalue weighted by atomic mass is 10.1. The number of benzene rings is 1. The molecule has 0 saturated carbocycles. The van der Waals surface area contributed by atoms with Crippen molar-refractivity contribution in [1.29, 1.82) is 0 Å². The Bertz CT molecular complexity index is 460. The lowest BCUT2D eigenvalue weighted by Crippen LogP contribution is -2.49. The number of ether oxygens (including phenoxy) is 1. The summed E-state index contributed by atoms with van der Waals surface area (Å²) < 4.78 is 5.23. The first kappa shape index (κ1) is 16.2. The van der Waals surface area contributed by atoms with E-state index in [1.54, 1.807) is 29.2 Å². The quantitative estimate of drug-likeness (QED) is 0.858. The van der Waals surface area contributed by atoms with Crippen molar-refractivity contribution < 1.29 is 14.6 Å². The highest BCUT2D eigenvalue weighted by Gasteiger charge is 2.22. The molecule has 0 aromatic heterocycles. The minimum Gasteiger partial charge on any atom is -0.387 e. The van der Waals surface area contributed by atoms with Gasteiger partial charge in [-0.05, 0) is 24.6 Å². The van der Waals surface area contributed by atoms with Gasteiger partial charge in [0.25, 0.3) is 0 Å². The van der Waals surface area contributed by atoms with Gasteiger partial charge >= 0.3 is 0 Å². The van der Waals surface area contributed by atoms with E-state index in [1.807, 2.05) is 6.92 Å². The molecule has 0 aliphatic carbocycles. The molecule has 116 valence electrons. The molecular formula is C15H21ClN2O3. The van der Waals surface area contributed by atoms with Crippen LogP contribution < -0.4 is 5.32 Å². The number of nitrogens with one attached hydrogen (secondary N) is 1. The van der Waals surface area contributed by atoms with Crippen molar-refractivity contribution in [1.82, 2.24) is 10.2 Å². The molecule has 1 aromatic rings. The molecule has 1 heterocycles. The molecule has 1 aliphatic rings. The van der Waals surface area contributed by atoms with E-state index >= 15 is 0 Å². The van der Waals surface area contributed by atoms with Crippen molar-refractivity contribution in [2.45, 2.75) is 19.1 Å². The normalized spacial score (nSPS) is 18.3. The Labute approximate surface area is 129 Å². The Hall–Kier alpha value is -1.14. The minimum atomic E-state index is -0.665. The summed E-state index contributed by atoms with van der Waals surface area (Å²) in [5, 5.41) is 13.8. The Morgan fingerprint density at radius 2 is 2.00 bits per heavy atom. The second-order valence-corrected chi connectivity index (χ2v) is 5.57. The van der Waals surface area contributed by atoms with Gasteiger partial charge in [-0.1, -0.05) is 23.7 Å². The molecule has 1 aromatic carbocycles. The fourth-order valence-corrected chi connectivity index (χ4v) is 2.36. The summed E-state index contributed by atoms with van der Waals surface area (Å²) in [6.45, 7) is 4.57. The van der Waals surface area contributed by atoms with Crippen LogP contribution in [0.3, 0.4) is 0 Å². The number of amides is 1. The molecule has 21 heavy (non-hydrogen) atoms. The van der Waals surface area contributed by atoms with E-state index in [0.29, 0.717) is 37.9 Å². The zero-order chi connectivity index (χ0) is 15.2. The average Bonchev–Trinajstić information content (AvgIpc) is 2.53. The molecule has 0 bridgehead atoms. The third-order valence-corrected chi connectivity index (χ3v) is 3.82. The smallest absolute Gasteiger partial charge is 0.239 e. The van der Waals surface area contributed by atoms with Crippen LogP contribution in [0, 0.1) is 0 Å². The molecule has 2 rings (SSSR count). The summed E-state index contributed by atoms with van der Waals surface area (Å²) in [7, 11) is 0. The second kappa shape index (κ2) is 7.75. The predicted octanol–water partition coefficient (Wildman–Crippen LogP) is 1.21. The molecule has 1 aliphatic heterocycles. The standard InChI is InChI=1S/C15H21ClN2O3/c1-11(15(20)18-6-8-21-9-7-18)17-10-14(19)12-2-4-13(16)5-3-12/h2-5,11,14,17,19H,6-10H2,1H3. The third-order valence-electron chi connectivity index (χ3n) is 3.57. The lowest BCUT2D eigenvalue weighted by Gasteiger charge is -2.29. The van der Waals surface area contributed by atoms with Crippen LogP contribution in [0.1, 0.15) is 18.6 Å². The summed E-state index contributed by atoms with van der Waals surface area (Å²) in [4.78, 5) is 14.0. The van der Waals surface area contributed by atoms with E-state index in [9.17, 15) is 9.90 Å². The van der Waals surface area contributed by atoms with Crippen LogP contribution in [0.5, 0.6) is 0 Å². The molecule has 0 spiro atoms. The van der Waals surface area contributed by atoms with Gasteiger partial charge in [-0.15, -0.1) is 0 Å². The van der Waals surface area contributed by atoms with Gasteiger partial charge < -0.3 is 20.1 Å². The van der Waals surface area contributed by atoms with Crippen molar-refractivity contribution >= 4 is 17.5 Å².